The van der Waals surface area contributed by atoms with E-state index in [2.05, 4.69) is 24.4 Å². The van der Waals surface area contributed by atoms with E-state index < -0.39 is 0 Å². The first kappa shape index (κ1) is 20.2. The minimum absolute atomic E-state index is 0.127. The Hall–Kier alpha value is -2.56. The van der Waals surface area contributed by atoms with Gasteiger partial charge < -0.3 is 19.9 Å². The van der Waals surface area contributed by atoms with Crippen LogP contribution in [-0.2, 0) is 13.2 Å². The maximum Gasteiger partial charge on any atom is 0.166 e. The van der Waals surface area contributed by atoms with Crippen molar-refractivity contribution < 1.29 is 14.6 Å². The summed E-state index contributed by atoms with van der Waals surface area (Å²) in [6.07, 6.45) is 0. The molecule has 0 saturated heterocycles. The number of benzene rings is 3. The molecule has 0 fully saturated rings. The molecule has 0 aliphatic heterocycles. The average molecular weight is 418 g/mol. The number of nitrogens with one attached hydrogen (secondary N) is 1. The maximum absolute atomic E-state index is 9.70. The maximum atomic E-state index is 9.70. The van der Waals surface area contributed by atoms with Gasteiger partial charge in [0.15, 0.2) is 17.2 Å². The van der Waals surface area contributed by atoms with Crippen molar-refractivity contribution in [1.29, 1.82) is 0 Å². The summed E-state index contributed by atoms with van der Waals surface area (Å²) < 4.78 is 11.6. The summed E-state index contributed by atoms with van der Waals surface area (Å²) >= 11 is 12.0. The number of anilines is 1. The van der Waals surface area contributed by atoms with Crippen LogP contribution >= 0.6 is 23.2 Å². The second-order valence-electron chi connectivity index (χ2n) is 6.37. The number of aryl methyl sites for hydroxylation is 1. The molecule has 0 spiro atoms. The highest BCUT2D eigenvalue weighted by Crippen LogP contribution is 2.36. The minimum Gasteiger partial charge on any atom is -0.505 e. The molecule has 3 aromatic carbocycles. The predicted octanol–water partition coefficient (Wildman–Crippen LogP) is 6.21. The summed E-state index contributed by atoms with van der Waals surface area (Å²) in [5.74, 6) is 1.21. The average Bonchev–Trinajstić information content (AvgIpc) is 2.68. The van der Waals surface area contributed by atoms with E-state index in [1.165, 1.54) is 5.56 Å². The SMILES string of the molecule is COc1cccc(CNc2cc(Cl)c(O)c(Cl)c2)c1OCc1cccc(C)c1. The molecule has 28 heavy (non-hydrogen) atoms. The third-order valence-electron chi connectivity index (χ3n) is 4.25. The van der Waals surface area contributed by atoms with Gasteiger partial charge in [-0.3, -0.25) is 0 Å². The highest BCUT2D eigenvalue weighted by Gasteiger charge is 2.12. The van der Waals surface area contributed by atoms with Gasteiger partial charge in [-0.2, -0.15) is 0 Å². The second-order valence-corrected chi connectivity index (χ2v) is 7.18. The van der Waals surface area contributed by atoms with Gasteiger partial charge in [-0.1, -0.05) is 65.2 Å². The van der Waals surface area contributed by atoms with Crippen molar-refractivity contribution in [3.63, 3.8) is 0 Å². The van der Waals surface area contributed by atoms with Gasteiger partial charge in [0.2, 0.25) is 0 Å². The Kier molecular flexibility index (Phi) is 6.55. The first-order valence-electron chi connectivity index (χ1n) is 8.74. The van der Waals surface area contributed by atoms with E-state index in [0.29, 0.717) is 30.3 Å². The minimum atomic E-state index is -0.127. The topological polar surface area (TPSA) is 50.7 Å². The normalized spacial score (nSPS) is 10.6. The van der Waals surface area contributed by atoms with E-state index in [-0.39, 0.29) is 15.8 Å². The van der Waals surface area contributed by atoms with Gasteiger partial charge in [0.1, 0.15) is 6.61 Å². The lowest BCUT2D eigenvalue weighted by molar-refractivity contribution is 0.281. The zero-order chi connectivity index (χ0) is 20.1. The smallest absolute Gasteiger partial charge is 0.166 e. The number of para-hydroxylation sites is 1. The predicted molar refractivity (Wildman–Crippen MR) is 114 cm³/mol. The number of phenols is 1. The molecule has 0 radical (unpaired) electrons. The highest BCUT2D eigenvalue weighted by molar-refractivity contribution is 6.37. The summed E-state index contributed by atoms with van der Waals surface area (Å²) in [5, 5.41) is 13.3. The van der Waals surface area contributed by atoms with E-state index in [4.69, 9.17) is 32.7 Å². The Morgan fingerprint density at radius 2 is 1.71 bits per heavy atom. The van der Waals surface area contributed by atoms with Crippen LogP contribution in [0.5, 0.6) is 17.2 Å². The molecular weight excluding hydrogens is 397 g/mol. The van der Waals surface area contributed by atoms with Crippen molar-refractivity contribution in [2.45, 2.75) is 20.1 Å². The summed E-state index contributed by atoms with van der Waals surface area (Å²) in [5.41, 5.74) is 3.89. The van der Waals surface area contributed by atoms with Gasteiger partial charge in [0.05, 0.1) is 17.2 Å². The molecule has 146 valence electrons. The van der Waals surface area contributed by atoms with Crippen LogP contribution in [0, 0.1) is 6.92 Å². The van der Waals surface area contributed by atoms with Crippen molar-refractivity contribution in [2.75, 3.05) is 12.4 Å². The number of ether oxygens (including phenoxy) is 2. The van der Waals surface area contributed by atoms with Crippen LogP contribution in [0.1, 0.15) is 16.7 Å². The lowest BCUT2D eigenvalue weighted by atomic mass is 10.1. The Morgan fingerprint density at radius 1 is 1.00 bits per heavy atom. The first-order chi connectivity index (χ1) is 13.5. The van der Waals surface area contributed by atoms with Gasteiger partial charge in [-0.05, 0) is 30.7 Å². The lowest BCUT2D eigenvalue weighted by Gasteiger charge is -2.16. The zero-order valence-electron chi connectivity index (χ0n) is 15.6. The summed E-state index contributed by atoms with van der Waals surface area (Å²) in [4.78, 5) is 0. The Labute approximate surface area is 174 Å². The monoisotopic (exact) mass is 417 g/mol. The van der Waals surface area contributed by atoms with Crippen molar-refractivity contribution in [1.82, 2.24) is 0 Å². The van der Waals surface area contributed by atoms with Crippen LogP contribution in [0.2, 0.25) is 10.0 Å². The lowest BCUT2D eigenvalue weighted by Crippen LogP contribution is -2.05. The number of hydrogen-bond donors (Lipinski definition) is 2. The molecule has 6 heteroatoms. The molecule has 0 aromatic heterocycles. The summed E-state index contributed by atoms with van der Waals surface area (Å²) in [6.45, 7) is 2.96. The van der Waals surface area contributed by atoms with E-state index >= 15 is 0 Å². The molecule has 0 unspecified atom stereocenters. The molecule has 3 rings (SSSR count). The molecule has 0 atom stereocenters. The fourth-order valence-corrected chi connectivity index (χ4v) is 3.33. The quantitative estimate of drug-likeness (QED) is 0.448. The Balaban J connectivity index is 1.79. The van der Waals surface area contributed by atoms with E-state index in [9.17, 15) is 5.11 Å². The van der Waals surface area contributed by atoms with Gasteiger partial charge in [0.25, 0.3) is 0 Å². The van der Waals surface area contributed by atoms with Crippen molar-refractivity contribution in [3.8, 4) is 17.2 Å². The third-order valence-corrected chi connectivity index (χ3v) is 4.82. The van der Waals surface area contributed by atoms with Crippen LogP contribution in [0.3, 0.4) is 0 Å². The largest absolute Gasteiger partial charge is 0.505 e. The van der Waals surface area contributed by atoms with Gasteiger partial charge >= 0.3 is 0 Å². The highest BCUT2D eigenvalue weighted by atomic mass is 35.5. The molecule has 0 saturated carbocycles. The molecule has 0 bridgehead atoms. The molecule has 0 aliphatic carbocycles. The molecule has 0 aliphatic rings. The van der Waals surface area contributed by atoms with E-state index in [0.717, 1.165) is 11.1 Å². The van der Waals surface area contributed by atoms with Gasteiger partial charge in [-0.25, -0.2) is 0 Å². The van der Waals surface area contributed by atoms with Crippen LogP contribution in [0.15, 0.2) is 54.6 Å². The van der Waals surface area contributed by atoms with Crippen LogP contribution in [-0.4, -0.2) is 12.2 Å². The second kappa shape index (κ2) is 9.09. The van der Waals surface area contributed by atoms with E-state index in [1.54, 1.807) is 19.2 Å². The van der Waals surface area contributed by atoms with Crippen molar-refractivity contribution >= 4 is 28.9 Å². The number of methoxy groups -OCH3 is 1. The molecular formula is C22H21Cl2NO3. The van der Waals surface area contributed by atoms with Crippen molar-refractivity contribution in [2.24, 2.45) is 0 Å². The van der Waals surface area contributed by atoms with E-state index in [1.807, 2.05) is 30.3 Å². The Bertz CT molecular complexity index is 953. The molecule has 0 amide bonds. The standard InChI is InChI=1S/C22H21Cl2NO3/c1-14-5-3-6-15(9-14)13-28-22-16(7-4-8-20(22)27-2)12-25-17-10-18(23)21(26)19(24)11-17/h3-11,25-26H,12-13H2,1-2H3. The first-order valence-corrected chi connectivity index (χ1v) is 9.49. The van der Waals surface area contributed by atoms with Crippen LogP contribution in [0.25, 0.3) is 0 Å². The number of hydrogen-bond acceptors (Lipinski definition) is 4. The number of phenolic OH excluding ortho intramolecular Hbond substituents is 1. The van der Waals surface area contributed by atoms with Crippen LogP contribution < -0.4 is 14.8 Å². The molecule has 2 N–H and O–H groups in total. The Morgan fingerprint density at radius 3 is 2.39 bits per heavy atom. The fraction of sp³-hybridized carbons (Fsp3) is 0.182. The summed E-state index contributed by atoms with van der Waals surface area (Å²) in [6, 6.07) is 17.2. The number of aromatic hydroxyl groups is 1. The van der Waals surface area contributed by atoms with Crippen molar-refractivity contribution in [3.05, 3.63) is 81.3 Å². The molecule has 4 nitrogen and oxygen atoms in total. The molecule has 3 aromatic rings. The zero-order valence-corrected chi connectivity index (χ0v) is 17.1. The fourth-order valence-electron chi connectivity index (χ4n) is 2.85. The van der Waals surface area contributed by atoms with Gasteiger partial charge in [0, 0.05) is 17.8 Å². The molecule has 0 heterocycles. The summed E-state index contributed by atoms with van der Waals surface area (Å²) in [7, 11) is 1.62. The van der Waals surface area contributed by atoms with Gasteiger partial charge in [-0.15, -0.1) is 0 Å². The number of rotatable bonds is 7. The van der Waals surface area contributed by atoms with Crippen LogP contribution in [0.4, 0.5) is 5.69 Å². The third kappa shape index (κ3) is 4.83. The number of halogens is 2.